The van der Waals surface area contributed by atoms with Crippen molar-refractivity contribution >= 4 is 5.65 Å². The predicted molar refractivity (Wildman–Crippen MR) is 92.1 cm³/mol. The second-order valence-corrected chi connectivity index (χ2v) is 6.67. The van der Waals surface area contributed by atoms with Crippen molar-refractivity contribution in [2.45, 2.75) is 39.3 Å². The van der Waals surface area contributed by atoms with Crippen LogP contribution in [-0.2, 0) is 11.3 Å². The maximum Gasteiger partial charge on any atom is 0.244 e. The van der Waals surface area contributed by atoms with E-state index in [0.717, 1.165) is 37.4 Å². The van der Waals surface area contributed by atoms with Crippen molar-refractivity contribution < 1.29 is 9.26 Å². The van der Waals surface area contributed by atoms with E-state index in [1.807, 2.05) is 19.2 Å². The van der Waals surface area contributed by atoms with Crippen LogP contribution in [-0.4, -0.2) is 32.7 Å². The lowest BCUT2D eigenvalue weighted by atomic mass is 9.91. The van der Waals surface area contributed by atoms with Crippen LogP contribution in [0.2, 0.25) is 0 Å². The minimum Gasteiger partial charge on any atom is -0.381 e. The number of aromatic nitrogens is 4. The second kappa shape index (κ2) is 6.93. The summed E-state index contributed by atoms with van der Waals surface area (Å²) in [5, 5.41) is 7.58. The molecule has 1 saturated heterocycles. The van der Waals surface area contributed by atoms with Gasteiger partial charge in [0.2, 0.25) is 5.89 Å². The monoisotopic (exact) mass is 341 g/mol. The molecule has 3 aromatic rings. The summed E-state index contributed by atoms with van der Waals surface area (Å²) in [7, 11) is 0. The van der Waals surface area contributed by atoms with Crippen molar-refractivity contribution in [3.8, 4) is 0 Å². The van der Waals surface area contributed by atoms with Crippen LogP contribution < -0.4 is 5.32 Å². The van der Waals surface area contributed by atoms with E-state index >= 15 is 0 Å². The van der Waals surface area contributed by atoms with Gasteiger partial charge in [0.15, 0.2) is 5.82 Å². The molecular weight excluding hydrogens is 318 g/mol. The van der Waals surface area contributed by atoms with Crippen LogP contribution in [0.4, 0.5) is 0 Å². The second-order valence-electron chi connectivity index (χ2n) is 6.67. The topological polar surface area (TPSA) is 77.5 Å². The Morgan fingerprint density at radius 1 is 1.28 bits per heavy atom. The van der Waals surface area contributed by atoms with Crippen molar-refractivity contribution in [3.63, 3.8) is 0 Å². The number of rotatable bonds is 5. The molecule has 7 nitrogen and oxygen atoms in total. The summed E-state index contributed by atoms with van der Waals surface area (Å²) in [6.45, 7) is 6.19. The zero-order chi connectivity index (χ0) is 17.2. The number of pyridine rings is 1. The summed E-state index contributed by atoms with van der Waals surface area (Å²) in [5.41, 5.74) is 3.28. The zero-order valence-electron chi connectivity index (χ0n) is 14.6. The van der Waals surface area contributed by atoms with Crippen LogP contribution in [0.1, 0.15) is 41.9 Å². The fraction of sp³-hybridized carbons (Fsp3) is 0.500. The highest BCUT2D eigenvalue weighted by Gasteiger charge is 2.29. The Kier molecular flexibility index (Phi) is 4.50. The van der Waals surface area contributed by atoms with Crippen LogP contribution in [0.3, 0.4) is 0 Å². The Bertz CT molecular complexity index is 850. The van der Waals surface area contributed by atoms with Gasteiger partial charge in [0.25, 0.3) is 0 Å². The molecule has 1 atom stereocenters. The molecule has 1 fully saturated rings. The van der Waals surface area contributed by atoms with Crippen LogP contribution in [0.15, 0.2) is 29.0 Å². The highest BCUT2D eigenvalue weighted by atomic mass is 16.5. The van der Waals surface area contributed by atoms with Crippen molar-refractivity contribution in [2.75, 3.05) is 13.2 Å². The summed E-state index contributed by atoms with van der Waals surface area (Å²) in [4.78, 5) is 8.94. The van der Waals surface area contributed by atoms with E-state index in [4.69, 9.17) is 9.26 Å². The Morgan fingerprint density at radius 2 is 2.12 bits per heavy atom. The van der Waals surface area contributed by atoms with Crippen LogP contribution in [0.5, 0.6) is 0 Å². The first kappa shape index (κ1) is 16.2. The maximum absolute atomic E-state index is 5.50. The number of nitrogens with zero attached hydrogens (tertiary/aromatic N) is 4. The molecule has 7 heteroatoms. The average molecular weight is 341 g/mol. The fourth-order valence-electron chi connectivity index (χ4n) is 3.43. The number of hydrogen-bond acceptors (Lipinski definition) is 6. The van der Waals surface area contributed by atoms with E-state index in [9.17, 15) is 0 Å². The van der Waals surface area contributed by atoms with Crippen molar-refractivity contribution in [1.29, 1.82) is 0 Å². The van der Waals surface area contributed by atoms with Crippen molar-refractivity contribution in [2.24, 2.45) is 5.92 Å². The minimum atomic E-state index is 0.0282. The van der Waals surface area contributed by atoms with Gasteiger partial charge in [0.1, 0.15) is 5.65 Å². The van der Waals surface area contributed by atoms with Crippen molar-refractivity contribution in [1.82, 2.24) is 24.8 Å². The molecule has 0 radical (unpaired) electrons. The summed E-state index contributed by atoms with van der Waals surface area (Å²) in [6.07, 6.45) is 6.01. The largest absolute Gasteiger partial charge is 0.381 e. The lowest BCUT2D eigenvalue weighted by Crippen LogP contribution is -2.32. The molecule has 4 heterocycles. The van der Waals surface area contributed by atoms with Gasteiger partial charge in [-0.05, 0) is 44.2 Å². The number of aryl methyl sites for hydroxylation is 2. The van der Waals surface area contributed by atoms with Gasteiger partial charge >= 0.3 is 0 Å². The predicted octanol–water partition coefficient (Wildman–Crippen LogP) is 2.59. The van der Waals surface area contributed by atoms with Crippen LogP contribution in [0, 0.1) is 19.8 Å². The van der Waals surface area contributed by atoms with E-state index in [1.54, 1.807) is 0 Å². The summed E-state index contributed by atoms with van der Waals surface area (Å²) < 4.78 is 13.1. The Balaban J connectivity index is 1.56. The third-order valence-electron chi connectivity index (χ3n) is 4.78. The molecule has 0 spiro atoms. The molecule has 0 aliphatic carbocycles. The summed E-state index contributed by atoms with van der Waals surface area (Å²) in [5.74, 6) is 1.75. The molecule has 25 heavy (non-hydrogen) atoms. The van der Waals surface area contributed by atoms with Gasteiger partial charge in [-0.2, -0.15) is 4.98 Å². The molecule has 0 aromatic carbocycles. The van der Waals surface area contributed by atoms with Gasteiger partial charge in [0.05, 0.1) is 17.9 Å². The van der Waals surface area contributed by atoms with Gasteiger partial charge in [-0.25, -0.2) is 4.98 Å². The molecule has 3 aromatic heterocycles. The lowest BCUT2D eigenvalue weighted by Gasteiger charge is -2.28. The van der Waals surface area contributed by atoms with Gasteiger partial charge in [0, 0.05) is 26.0 Å². The average Bonchev–Trinajstić information content (AvgIpc) is 3.22. The molecule has 1 N–H and O–H groups in total. The summed E-state index contributed by atoms with van der Waals surface area (Å²) in [6, 6.07) is 4.14. The highest BCUT2D eigenvalue weighted by Crippen LogP contribution is 2.29. The third kappa shape index (κ3) is 3.43. The molecule has 0 bridgehead atoms. The van der Waals surface area contributed by atoms with Gasteiger partial charge in [-0.1, -0.05) is 11.2 Å². The van der Waals surface area contributed by atoms with E-state index in [1.165, 1.54) is 5.56 Å². The Hall–Kier alpha value is -2.25. The number of ether oxygens (including phenoxy) is 1. The van der Waals surface area contributed by atoms with Crippen LogP contribution in [0.25, 0.3) is 5.65 Å². The lowest BCUT2D eigenvalue weighted by molar-refractivity contribution is 0.0485. The maximum atomic E-state index is 5.50. The quantitative estimate of drug-likeness (QED) is 0.768. The number of imidazole rings is 1. The van der Waals surface area contributed by atoms with Crippen LogP contribution >= 0.6 is 0 Å². The fourth-order valence-corrected chi connectivity index (χ4v) is 3.43. The molecule has 0 amide bonds. The molecule has 1 unspecified atom stereocenters. The zero-order valence-corrected chi connectivity index (χ0v) is 14.6. The molecule has 1 aliphatic heterocycles. The first-order chi connectivity index (χ1) is 12.2. The van der Waals surface area contributed by atoms with Gasteiger partial charge in [-0.15, -0.1) is 0 Å². The summed E-state index contributed by atoms with van der Waals surface area (Å²) >= 11 is 0. The van der Waals surface area contributed by atoms with Gasteiger partial charge < -0.3 is 13.7 Å². The van der Waals surface area contributed by atoms with E-state index in [-0.39, 0.29) is 6.04 Å². The number of hydrogen-bond donors (Lipinski definition) is 1. The smallest absolute Gasteiger partial charge is 0.244 e. The number of fused-ring (bicyclic) bond motifs is 1. The SMILES string of the molecule is Cc1ccc2ncc(CNC(c3nc(C)no3)C3CCOCC3)n2c1. The number of nitrogens with one attached hydrogen (secondary N) is 1. The Morgan fingerprint density at radius 3 is 2.88 bits per heavy atom. The van der Waals surface area contributed by atoms with Gasteiger partial charge in [-0.3, -0.25) is 5.32 Å². The van der Waals surface area contributed by atoms with E-state index in [0.29, 0.717) is 24.2 Å². The molecule has 0 saturated carbocycles. The minimum absolute atomic E-state index is 0.0282. The standard InChI is InChI=1S/C18H23N5O2/c1-12-3-4-16-19-9-15(23(16)11-12)10-20-17(14-5-7-24-8-6-14)18-21-13(2)22-25-18/h3-4,9,11,14,17,20H,5-8,10H2,1-2H3. The normalized spacial score (nSPS) is 17.2. The van der Waals surface area contributed by atoms with E-state index < -0.39 is 0 Å². The molecule has 132 valence electrons. The Labute approximate surface area is 146 Å². The molecule has 1 aliphatic rings. The third-order valence-corrected chi connectivity index (χ3v) is 4.78. The molecule has 4 rings (SSSR count). The highest BCUT2D eigenvalue weighted by molar-refractivity contribution is 5.41. The first-order valence-corrected chi connectivity index (χ1v) is 8.74. The van der Waals surface area contributed by atoms with E-state index in [2.05, 4.69) is 44.0 Å². The molecular formula is C18H23N5O2. The van der Waals surface area contributed by atoms with Crippen molar-refractivity contribution in [3.05, 3.63) is 47.5 Å². The first-order valence-electron chi connectivity index (χ1n) is 8.74.